The van der Waals surface area contributed by atoms with E-state index < -0.39 is 0 Å². The van der Waals surface area contributed by atoms with Crippen LogP contribution in [0.2, 0.25) is 0 Å². The lowest BCUT2D eigenvalue weighted by molar-refractivity contribution is 0.0335. The van der Waals surface area contributed by atoms with Crippen molar-refractivity contribution in [1.82, 2.24) is 0 Å². The van der Waals surface area contributed by atoms with Crippen LogP contribution < -0.4 is 5.73 Å². The minimum absolute atomic E-state index is 0.0950. The fourth-order valence-corrected chi connectivity index (χ4v) is 1.33. The summed E-state index contributed by atoms with van der Waals surface area (Å²) in [6, 6.07) is 3.72. The quantitative estimate of drug-likeness (QED) is 0.736. The van der Waals surface area contributed by atoms with Crippen molar-refractivity contribution >= 4 is 17.2 Å². The first-order valence-corrected chi connectivity index (χ1v) is 5.05. The van der Waals surface area contributed by atoms with E-state index in [-0.39, 0.29) is 6.10 Å². The summed E-state index contributed by atoms with van der Waals surface area (Å²) in [4.78, 5) is 0.497. The molecule has 1 rings (SSSR count). The lowest BCUT2D eigenvalue weighted by Crippen LogP contribution is -2.20. The monoisotopic (exact) mass is 213 g/mol. The minimum atomic E-state index is 0.0950. The Balaban J connectivity index is 2.30. The highest BCUT2D eigenvalue weighted by Gasteiger charge is 2.08. The third-order valence-electron chi connectivity index (χ3n) is 1.93. The molecule has 0 bridgehead atoms. The summed E-state index contributed by atoms with van der Waals surface area (Å²) in [7, 11) is 0. The average Bonchev–Trinajstić information content (AvgIpc) is 2.64. The van der Waals surface area contributed by atoms with Crippen molar-refractivity contribution in [3.05, 3.63) is 24.2 Å². The molecule has 0 aliphatic rings. The summed E-state index contributed by atoms with van der Waals surface area (Å²) in [6.07, 6.45) is 3.26. The van der Waals surface area contributed by atoms with Crippen LogP contribution in [0.15, 0.2) is 22.8 Å². The molecular formula is C10H15NO2S. The van der Waals surface area contributed by atoms with Crippen molar-refractivity contribution in [3.63, 3.8) is 0 Å². The van der Waals surface area contributed by atoms with Gasteiger partial charge in [0.2, 0.25) is 0 Å². The predicted molar refractivity (Wildman–Crippen MR) is 59.0 cm³/mol. The van der Waals surface area contributed by atoms with E-state index in [1.807, 2.05) is 19.1 Å². The zero-order valence-electron chi connectivity index (χ0n) is 8.23. The zero-order chi connectivity index (χ0) is 10.4. The molecule has 1 atom stereocenters. The van der Waals surface area contributed by atoms with Gasteiger partial charge in [-0.25, -0.2) is 0 Å². The summed E-state index contributed by atoms with van der Waals surface area (Å²) in [6.45, 7) is 2.53. The van der Waals surface area contributed by atoms with Gasteiger partial charge >= 0.3 is 0 Å². The third-order valence-corrected chi connectivity index (χ3v) is 2.09. The number of furan rings is 1. The molecule has 0 aliphatic carbocycles. The first kappa shape index (κ1) is 11.2. The van der Waals surface area contributed by atoms with Crippen molar-refractivity contribution in [3.8, 4) is 0 Å². The lowest BCUT2D eigenvalue weighted by Gasteiger charge is -2.13. The normalized spacial score (nSPS) is 12.6. The highest BCUT2D eigenvalue weighted by Crippen LogP contribution is 2.09. The van der Waals surface area contributed by atoms with Crippen molar-refractivity contribution in [2.45, 2.75) is 32.5 Å². The van der Waals surface area contributed by atoms with Gasteiger partial charge in [-0.1, -0.05) is 19.1 Å². The Hall–Kier alpha value is -0.870. The summed E-state index contributed by atoms with van der Waals surface area (Å²) in [5.41, 5.74) is 5.45. The Kier molecular flexibility index (Phi) is 4.62. The standard InChI is InChI=1S/C10H15NO2S/c1-2-8(6-10(11)14)13-7-9-4-3-5-12-9/h3-5,8H,2,6-7H2,1H3,(H2,11,14). The molecule has 1 unspecified atom stereocenters. The van der Waals surface area contributed by atoms with Crippen LogP contribution in [0.4, 0.5) is 0 Å². The van der Waals surface area contributed by atoms with Crippen LogP contribution in [0.5, 0.6) is 0 Å². The largest absolute Gasteiger partial charge is 0.467 e. The highest BCUT2D eigenvalue weighted by molar-refractivity contribution is 7.80. The van der Waals surface area contributed by atoms with E-state index in [4.69, 9.17) is 27.1 Å². The van der Waals surface area contributed by atoms with E-state index in [9.17, 15) is 0 Å². The number of nitrogens with two attached hydrogens (primary N) is 1. The second-order valence-electron chi connectivity index (χ2n) is 3.09. The zero-order valence-corrected chi connectivity index (χ0v) is 9.05. The molecule has 1 aromatic heterocycles. The molecule has 2 N–H and O–H groups in total. The van der Waals surface area contributed by atoms with Gasteiger partial charge in [0, 0.05) is 6.42 Å². The molecule has 78 valence electrons. The van der Waals surface area contributed by atoms with Gasteiger partial charge in [-0.3, -0.25) is 0 Å². The second-order valence-corrected chi connectivity index (χ2v) is 3.62. The molecule has 0 fully saturated rings. The van der Waals surface area contributed by atoms with Crippen LogP contribution in [0.1, 0.15) is 25.5 Å². The maximum Gasteiger partial charge on any atom is 0.129 e. The Morgan fingerprint density at radius 1 is 1.71 bits per heavy atom. The number of ether oxygens (including phenoxy) is 1. The van der Waals surface area contributed by atoms with Crippen LogP contribution in [0.25, 0.3) is 0 Å². The van der Waals surface area contributed by atoms with Gasteiger partial charge in [-0.2, -0.15) is 0 Å². The maximum absolute atomic E-state index is 5.59. The summed E-state index contributed by atoms with van der Waals surface area (Å²) in [5, 5.41) is 0. The van der Waals surface area contributed by atoms with Crippen molar-refractivity contribution in [2.75, 3.05) is 0 Å². The van der Waals surface area contributed by atoms with Crippen LogP contribution in [-0.4, -0.2) is 11.1 Å². The predicted octanol–water partition coefficient (Wildman–Crippen LogP) is 2.25. The molecule has 0 radical (unpaired) electrons. The highest BCUT2D eigenvalue weighted by atomic mass is 32.1. The van der Waals surface area contributed by atoms with Gasteiger partial charge in [-0.15, -0.1) is 0 Å². The van der Waals surface area contributed by atoms with Gasteiger partial charge in [0.05, 0.1) is 17.4 Å². The van der Waals surface area contributed by atoms with Crippen LogP contribution >= 0.6 is 12.2 Å². The maximum atomic E-state index is 5.59. The molecule has 4 heteroatoms. The molecule has 3 nitrogen and oxygen atoms in total. The van der Waals surface area contributed by atoms with Gasteiger partial charge in [0.15, 0.2) is 0 Å². The second kappa shape index (κ2) is 5.78. The summed E-state index contributed by atoms with van der Waals surface area (Å²) in [5.74, 6) is 0.825. The van der Waals surface area contributed by atoms with E-state index >= 15 is 0 Å². The molecule has 0 aromatic carbocycles. The first-order chi connectivity index (χ1) is 6.72. The van der Waals surface area contributed by atoms with Crippen molar-refractivity contribution in [2.24, 2.45) is 5.73 Å². The molecule has 0 amide bonds. The minimum Gasteiger partial charge on any atom is -0.467 e. The first-order valence-electron chi connectivity index (χ1n) is 4.64. The van der Waals surface area contributed by atoms with E-state index in [1.54, 1.807) is 6.26 Å². The summed E-state index contributed by atoms with van der Waals surface area (Å²) >= 11 is 4.83. The van der Waals surface area contributed by atoms with Crippen LogP contribution in [-0.2, 0) is 11.3 Å². The fraction of sp³-hybridized carbons (Fsp3) is 0.500. The van der Waals surface area contributed by atoms with Crippen LogP contribution in [0.3, 0.4) is 0 Å². The van der Waals surface area contributed by atoms with E-state index in [0.29, 0.717) is 18.0 Å². The molecule has 0 saturated heterocycles. The number of thiocarbonyl (C=S) groups is 1. The number of hydrogen-bond acceptors (Lipinski definition) is 3. The molecule has 0 aliphatic heterocycles. The Morgan fingerprint density at radius 2 is 2.50 bits per heavy atom. The Labute approximate surface area is 89.2 Å². The number of hydrogen-bond donors (Lipinski definition) is 1. The van der Waals surface area contributed by atoms with Crippen molar-refractivity contribution in [1.29, 1.82) is 0 Å². The van der Waals surface area contributed by atoms with Gasteiger partial charge in [0.25, 0.3) is 0 Å². The van der Waals surface area contributed by atoms with E-state index in [1.165, 1.54) is 0 Å². The van der Waals surface area contributed by atoms with Gasteiger partial charge in [-0.05, 0) is 18.6 Å². The molecular weight excluding hydrogens is 198 g/mol. The smallest absolute Gasteiger partial charge is 0.129 e. The Morgan fingerprint density at radius 3 is 3.00 bits per heavy atom. The lowest BCUT2D eigenvalue weighted by atomic mass is 10.2. The Bertz CT molecular complexity index is 272. The third kappa shape index (κ3) is 3.89. The molecule has 14 heavy (non-hydrogen) atoms. The number of rotatable bonds is 6. The fourth-order valence-electron chi connectivity index (χ4n) is 1.14. The van der Waals surface area contributed by atoms with Gasteiger partial charge in [0.1, 0.15) is 12.4 Å². The summed E-state index contributed by atoms with van der Waals surface area (Å²) < 4.78 is 10.7. The van der Waals surface area contributed by atoms with Crippen LogP contribution in [0, 0.1) is 0 Å². The molecule has 1 aromatic rings. The molecule has 1 heterocycles. The van der Waals surface area contributed by atoms with Gasteiger partial charge < -0.3 is 14.9 Å². The molecule has 0 saturated carbocycles. The van der Waals surface area contributed by atoms with E-state index in [2.05, 4.69) is 0 Å². The average molecular weight is 213 g/mol. The SMILES string of the molecule is CCC(CC(N)=S)OCc1ccco1. The molecule has 0 spiro atoms. The van der Waals surface area contributed by atoms with E-state index in [0.717, 1.165) is 12.2 Å². The van der Waals surface area contributed by atoms with Crippen molar-refractivity contribution < 1.29 is 9.15 Å². The topological polar surface area (TPSA) is 48.4 Å².